The van der Waals surface area contributed by atoms with Crippen molar-refractivity contribution in [2.24, 2.45) is 5.92 Å². The van der Waals surface area contributed by atoms with Crippen LogP contribution in [0.2, 0.25) is 5.02 Å². The highest BCUT2D eigenvalue weighted by atomic mass is 35.5. The Labute approximate surface area is 157 Å². The topological polar surface area (TPSA) is 63.8 Å². The van der Waals surface area contributed by atoms with Gasteiger partial charge in [0.25, 0.3) is 0 Å². The molecule has 1 unspecified atom stereocenters. The molecule has 1 heterocycles. The summed E-state index contributed by atoms with van der Waals surface area (Å²) in [6, 6.07) is 10.7. The highest BCUT2D eigenvalue weighted by Gasteiger charge is 2.17. The molecule has 0 aliphatic rings. The number of hydrogen-bond acceptors (Lipinski definition) is 4. The van der Waals surface area contributed by atoms with E-state index >= 15 is 0 Å². The second-order valence-electron chi connectivity index (χ2n) is 6.66. The fourth-order valence-electron chi connectivity index (χ4n) is 3.13. The van der Waals surface area contributed by atoms with Crippen molar-refractivity contribution in [1.29, 1.82) is 0 Å². The molecule has 1 aromatic heterocycles. The summed E-state index contributed by atoms with van der Waals surface area (Å²) in [5.41, 5.74) is 8.33. The van der Waals surface area contributed by atoms with Gasteiger partial charge in [0.05, 0.1) is 15.9 Å². The molecule has 3 rings (SSSR count). The SMILES string of the molecule is CCC(Nc1nc(N)nc2cccc(-c3ccc(F)c(Cl)c3)c12)C(C)C. The van der Waals surface area contributed by atoms with Gasteiger partial charge in [-0.05, 0) is 41.7 Å². The van der Waals surface area contributed by atoms with Gasteiger partial charge >= 0.3 is 0 Å². The molecule has 26 heavy (non-hydrogen) atoms. The Morgan fingerprint density at radius 3 is 2.62 bits per heavy atom. The molecular formula is C20H22ClFN4. The van der Waals surface area contributed by atoms with Crippen molar-refractivity contribution in [2.75, 3.05) is 11.1 Å². The van der Waals surface area contributed by atoms with Crippen LogP contribution in [0.4, 0.5) is 16.2 Å². The Bertz CT molecular complexity index is 942. The largest absolute Gasteiger partial charge is 0.368 e. The van der Waals surface area contributed by atoms with Crippen LogP contribution in [-0.4, -0.2) is 16.0 Å². The quantitative estimate of drug-likeness (QED) is 0.619. The van der Waals surface area contributed by atoms with Crippen molar-refractivity contribution >= 4 is 34.3 Å². The lowest BCUT2D eigenvalue weighted by molar-refractivity contribution is 0.510. The van der Waals surface area contributed by atoms with E-state index in [2.05, 4.69) is 36.1 Å². The lowest BCUT2D eigenvalue weighted by Crippen LogP contribution is -2.25. The Hall–Kier alpha value is -2.40. The summed E-state index contributed by atoms with van der Waals surface area (Å²) in [4.78, 5) is 8.81. The summed E-state index contributed by atoms with van der Waals surface area (Å²) in [6.45, 7) is 6.45. The summed E-state index contributed by atoms with van der Waals surface area (Å²) in [7, 11) is 0. The van der Waals surface area contributed by atoms with Gasteiger partial charge in [0.2, 0.25) is 5.95 Å². The van der Waals surface area contributed by atoms with Crippen molar-refractivity contribution in [3.63, 3.8) is 0 Å². The summed E-state index contributed by atoms with van der Waals surface area (Å²) >= 11 is 5.99. The number of aromatic nitrogens is 2. The van der Waals surface area contributed by atoms with Crippen LogP contribution in [0, 0.1) is 11.7 Å². The number of nitrogens with one attached hydrogen (secondary N) is 1. The molecule has 0 amide bonds. The van der Waals surface area contributed by atoms with Crippen LogP contribution < -0.4 is 11.1 Å². The molecule has 0 bridgehead atoms. The van der Waals surface area contributed by atoms with E-state index in [4.69, 9.17) is 17.3 Å². The van der Waals surface area contributed by atoms with E-state index in [0.29, 0.717) is 11.7 Å². The van der Waals surface area contributed by atoms with Crippen LogP contribution in [-0.2, 0) is 0 Å². The zero-order valence-corrected chi connectivity index (χ0v) is 15.8. The molecule has 6 heteroatoms. The monoisotopic (exact) mass is 372 g/mol. The fraction of sp³-hybridized carbons (Fsp3) is 0.300. The number of benzene rings is 2. The number of rotatable bonds is 5. The van der Waals surface area contributed by atoms with Gasteiger partial charge in [-0.1, -0.05) is 50.6 Å². The minimum Gasteiger partial charge on any atom is -0.368 e. The zero-order valence-electron chi connectivity index (χ0n) is 15.1. The van der Waals surface area contributed by atoms with E-state index in [9.17, 15) is 4.39 Å². The number of nitrogens with two attached hydrogens (primary N) is 1. The van der Waals surface area contributed by atoms with Crippen LogP contribution in [0.5, 0.6) is 0 Å². The van der Waals surface area contributed by atoms with E-state index in [1.54, 1.807) is 12.1 Å². The van der Waals surface area contributed by atoms with E-state index in [-0.39, 0.29) is 17.0 Å². The predicted octanol–water partition coefficient (Wildman–Crippen LogP) is 5.52. The maximum absolute atomic E-state index is 13.6. The van der Waals surface area contributed by atoms with Gasteiger partial charge in [0.1, 0.15) is 11.6 Å². The first kappa shape index (κ1) is 18.4. The summed E-state index contributed by atoms with van der Waals surface area (Å²) in [5.74, 6) is 0.885. The van der Waals surface area contributed by atoms with Crippen molar-refractivity contribution in [3.05, 3.63) is 47.2 Å². The summed E-state index contributed by atoms with van der Waals surface area (Å²) in [5, 5.41) is 4.44. The van der Waals surface area contributed by atoms with Crippen LogP contribution >= 0.6 is 11.6 Å². The average Bonchev–Trinajstić information content (AvgIpc) is 2.60. The van der Waals surface area contributed by atoms with Crippen molar-refractivity contribution < 1.29 is 4.39 Å². The van der Waals surface area contributed by atoms with Crippen LogP contribution in [0.1, 0.15) is 27.2 Å². The zero-order chi connectivity index (χ0) is 18.8. The fourth-order valence-corrected chi connectivity index (χ4v) is 3.31. The van der Waals surface area contributed by atoms with E-state index in [0.717, 1.165) is 28.5 Å². The van der Waals surface area contributed by atoms with E-state index < -0.39 is 5.82 Å². The lowest BCUT2D eigenvalue weighted by atomic mass is 9.99. The molecule has 0 saturated carbocycles. The van der Waals surface area contributed by atoms with Gasteiger partial charge in [-0.15, -0.1) is 0 Å². The van der Waals surface area contributed by atoms with Gasteiger partial charge in [0, 0.05) is 6.04 Å². The molecule has 0 fully saturated rings. The molecule has 0 aliphatic heterocycles. The summed E-state index contributed by atoms with van der Waals surface area (Å²) < 4.78 is 13.6. The Morgan fingerprint density at radius 1 is 1.19 bits per heavy atom. The second kappa shape index (κ2) is 7.46. The van der Waals surface area contributed by atoms with Gasteiger partial charge in [-0.25, -0.2) is 9.37 Å². The van der Waals surface area contributed by atoms with Crippen LogP contribution in [0.25, 0.3) is 22.0 Å². The van der Waals surface area contributed by atoms with Gasteiger partial charge < -0.3 is 11.1 Å². The molecule has 0 aliphatic carbocycles. The van der Waals surface area contributed by atoms with Crippen molar-refractivity contribution in [2.45, 2.75) is 33.2 Å². The van der Waals surface area contributed by atoms with Gasteiger partial charge in [-0.3, -0.25) is 0 Å². The Balaban J connectivity index is 2.22. The molecule has 0 radical (unpaired) electrons. The van der Waals surface area contributed by atoms with Gasteiger partial charge in [-0.2, -0.15) is 4.98 Å². The number of nitrogen functional groups attached to an aromatic ring is 1. The van der Waals surface area contributed by atoms with Crippen LogP contribution in [0.3, 0.4) is 0 Å². The van der Waals surface area contributed by atoms with Crippen LogP contribution in [0.15, 0.2) is 36.4 Å². The number of nitrogens with zero attached hydrogens (tertiary/aromatic N) is 2. The first-order valence-corrected chi connectivity index (χ1v) is 9.06. The van der Waals surface area contributed by atoms with Crippen molar-refractivity contribution in [1.82, 2.24) is 9.97 Å². The number of hydrogen-bond donors (Lipinski definition) is 2. The molecule has 1 atom stereocenters. The molecule has 136 valence electrons. The molecular weight excluding hydrogens is 351 g/mol. The molecule has 0 saturated heterocycles. The molecule has 3 aromatic rings. The number of fused-ring (bicyclic) bond motifs is 1. The number of anilines is 2. The molecule has 3 N–H and O–H groups in total. The summed E-state index contributed by atoms with van der Waals surface area (Å²) in [6.07, 6.45) is 0.952. The minimum absolute atomic E-state index is 0.0824. The molecule has 2 aromatic carbocycles. The third-order valence-electron chi connectivity index (χ3n) is 4.54. The smallest absolute Gasteiger partial charge is 0.222 e. The Morgan fingerprint density at radius 2 is 1.96 bits per heavy atom. The second-order valence-corrected chi connectivity index (χ2v) is 7.07. The lowest BCUT2D eigenvalue weighted by Gasteiger charge is -2.23. The standard InChI is InChI=1S/C20H22ClFN4/c1-4-16(11(2)3)24-19-18-13(12-8-9-15(22)14(21)10-12)6-5-7-17(18)25-20(23)26-19/h5-11,16H,4H2,1-3H3,(H3,23,24,25,26). The van der Waals surface area contributed by atoms with Gasteiger partial charge in [0.15, 0.2) is 0 Å². The third-order valence-corrected chi connectivity index (χ3v) is 4.83. The highest BCUT2D eigenvalue weighted by Crippen LogP contribution is 2.35. The highest BCUT2D eigenvalue weighted by molar-refractivity contribution is 6.31. The molecule has 4 nitrogen and oxygen atoms in total. The normalized spacial score (nSPS) is 12.5. The first-order chi connectivity index (χ1) is 12.4. The van der Waals surface area contributed by atoms with E-state index in [1.165, 1.54) is 6.07 Å². The predicted molar refractivity (Wildman–Crippen MR) is 107 cm³/mol. The maximum atomic E-state index is 13.6. The van der Waals surface area contributed by atoms with Crippen molar-refractivity contribution in [3.8, 4) is 11.1 Å². The number of halogens is 2. The maximum Gasteiger partial charge on any atom is 0.222 e. The van der Waals surface area contributed by atoms with E-state index in [1.807, 2.05) is 18.2 Å². The minimum atomic E-state index is -0.444. The Kier molecular flexibility index (Phi) is 5.28. The first-order valence-electron chi connectivity index (χ1n) is 8.69. The average molecular weight is 373 g/mol. The third kappa shape index (κ3) is 3.58. The molecule has 0 spiro atoms.